The van der Waals surface area contributed by atoms with Crippen LogP contribution >= 0.6 is 0 Å². The molecule has 0 aliphatic heterocycles. The van der Waals surface area contributed by atoms with Crippen LogP contribution in [-0.2, 0) is 0 Å². The van der Waals surface area contributed by atoms with Crippen LogP contribution in [0, 0.1) is 13.8 Å². The van der Waals surface area contributed by atoms with Crippen molar-refractivity contribution in [3.63, 3.8) is 0 Å². The molecule has 22 heavy (non-hydrogen) atoms. The molecule has 0 saturated heterocycles. The first-order chi connectivity index (χ1) is 10.6. The Morgan fingerprint density at radius 1 is 1.00 bits per heavy atom. The molecule has 0 atom stereocenters. The van der Waals surface area contributed by atoms with Gasteiger partial charge < -0.3 is 9.73 Å². The molecule has 0 radical (unpaired) electrons. The van der Waals surface area contributed by atoms with Gasteiger partial charge in [-0.3, -0.25) is 4.79 Å². The van der Waals surface area contributed by atoms with Crippen molar-refractivity contribution >= 4 is 11.6 Å². The Bertz CT molecular complexity index is 810. The Labute approximate surface area is 128 Å². The van der Waals surface area contributed by atoms with Crippen molar-refractivity contribution in [1.82, 2.24) is 10.2 Å². The van der Waals surface area contributed by atoms with E-state index in [-0.39, 0.29) is 5.89 Å². The Hall–Kier alpha value is -2.95. The quantitative estimate of drug-likeness (QED) is 0.801. The van der Waals surface area contributed by atoms with Crippen LogP contribution < -0.4 is 5.32 Å². The van der Waals surface area contributed by atoms with Crippen LogP contribution in [0.5, 0.6) is 0 Å². The minimum Gasteiger partial charge on any atom is -0.412 e. The number of hydrogen-bond acceptors (Lipinski definition) is 4. The van der Waals surface area contributed by atoms with Crippen molar-refractivity contribution in [1.29, 1.82) is 0 Å². The lowest BCUT2D eigenvalue weighted by molar-refractivity contribution is 0.0991. The zero-order valence-corrected chi connectivity index (χ0v) is 12.3. The third kappa shape index (κ3) is 2.88. The molecule has 5 heteroatoms. The summed E-state index contributed by atoms with van der Waals surface area (Å²) in [6, 6.07) is 15.0. The van der Waals surface area contributed by atoms with Crippen LogP contribution in [-0.4, -0.2) is 16.1 Å². The fraction of sp³-hybridized carbons (Fsp3) is 0.118. The number of nitrogens with zero attached hydrogens (tertiary/aromatic N) is 2. The third-order valence-corrected chi connectivity index (χ3v) is 3.40. The van der Waals surface area contributed by atoms with Crippen LogP contribution in [0.25, 0.3) is 11.5 Å². The summed E-state index contributed by atoms with van der Waals surface area (Å²) >= 11 is 0. The van der Waals surface area contributed by atoms with Crippen LogP contribution in [0.2, 0.25) is 0 Å². The van der Waals surface area contributed by atoms with Crippen molar-refractivity contribution in [2.75, 3.05) is 5.32 Å². The van der Waals surface area contributed by atoms with Gasteiger partial charge in [-0.2, -0.15) is 0 Å². The maximum Gasteiger partial charge on any atom is 0.313 e. The SMILES string of the molecule is Cc1ccc(NC(=O)c2nnc(-c3ccccc3)o2)cc1C. The fourth-order valence-corrected chi connectivity index (χ4v) is 2.02. The average molecular weight is 293 g/mol. The van der Waals surface area contributed by atoms with Gasteiger partial charge in [-0.1, -0.05) is 24.3 Å². The first-order valence-corrected chi connectivity index (χ1v) is 6.91. The number of aromatic nitrogens is 2. The van der Waals surface area contributed by atoms with Gasteiger partial charge in [0.2, 0.25) is 5.89 Å². The Morgan fingerprint density at radius 2 is 1.77 bits per heavy atom. The van der Waals surface area contributed by atoms with Crippen LogP contribution in [0.4, 0.5) is 5.69 Å². The molecule has 1 heterocycles. The molecule has 0 fully saturated rings. The number of amides is 1. The molecule has 5 nitrogen and oxygen atoms in total. The van der Waals surface area contributed by atoms with Gasteiger partial charge >= 0.3 is 11.8 Å². The molecular weight excluding hydrogens is 278 g/mol. The Morgan fingerprint density at radius 3 is 2.50 bits per heavy atom. The van der Waals surface area contributed by atoms with E-state index in [0.29, 0.717) is 11.6 Å². The van der Waals surface area contributed by atoms with Gasteiger partial charge in [0.1, 0.15) is 0 Å². The van der Waals surface area contributed by atoms with E-state index >= 15 is 0 Å². The predicted molar refractivity (Wildman–Crippen MR) is 83.6 cm³/mol. The molecule has 1 N–H and O–H groups in total. The maximum absolute atomic E-state index is 12.1. The summed E-state index contributed by atoms with van der Waals surface area (Å²) in [7, 11) is 0. The van der Waals surface area contributed by atoms with Gasteiger partial charge in [0.05, 0.1) is 0 Å². The summed E-state index contributed by atoms with van der Waals surface area (Å²) in [4.78, 5) is 12.1. The van der Waals surface area contributed by atoms with Gasteiger partial charge in [0.25, 0.3) is 0 Å². The zero-order chi connectivity index (χ0) is 15.5. The standard InChI is InChI=1S/C17H15N3O2/c1-11-8-9-14(10-12(11)2)18-15(21)17-20-19-16(22-17)13-6-4-3-5-7-13/h3-10H,1-2H3,(H,18,21). The topological polar surface area (TPSA) is 68.0 Å². The molecule has 2 aromatic carbocycles. The molecule has 0 saturated carbocycles. The molecule has 3 rings (SSSR count). The number of hydrogen-bond donors (Lipinski definition) is 1. The van der Waals surface area contributed by atoms with E-state index in [1.54, 1.807) is 0 Å². The van der Waals surface area contributed by atoms with E-state index in [1.807, 2.05) is 62.4 Å². The number of anilines is 1. The highest BCUT2D eigenvalue weighted by Gasteiger charge is 2.16. The highest BCUT2D eigenvalue weighted by molar-refractivity contribution is 6.01. The van der Waals surface area contributed by atoms with E-state index in [9.17, 15) is 4.79 Å². The molecule has 0 aliphatic rings. The van der Waals surface area contributed by atoms with Crippen LogP contribution in [0.15, 0.2) is 52.9 Å². The zero-order valence-electron chi connectivity index (χ0n) is 12.3. The van der Waals surface area contributed by atoms with Crippen molar-refractivity contribution in [3.05, 3.63) is 65.5 Å². The van der Waals surface area contributed by atoms with E-state index in [1.165, 1.54) is 5.56 Å². The molecule has 1 amide bonds. The van der Waals surface area contributed by atoms with E-state index in [0.717, 1.165) is 11.1 Å². The molecule has 0 bridgehead atoms. The predicted octanol–water partition coefficient (Wildman–Crippen LogP) is 3.61. The normalized spacial score (nSPS) is 10.5. The number of benzene rings is 2. The minimum atomic E-state index is -0.419. The van der Waals surface area contributed by atoms with Crippen LogP contribution in [0.3, 0.4) is 0 Å². The van der Waals surface area contributed by atoms with Gasteiger partial charge in [-0.05, 0) is 49.2 Å². The highest BCUT2D eigenvalue weighted by Crippen LogP contribution is 2.18. The van der Waals surface area contributed by atoms with Crippen molar-refractivity contribution in [2.45, 2.75) is 13.8 Å². The van der Waals surface area contributed by atoms with E-state index < -0.39 is 5.91 Å². The summed E-state index contributed by atoms with van der Waals surface area (Å²) in [5.41, 5.74) is 3.75. The lowest BCUT2D eigenvalue weighted by Crippen LogP contribution is -2.12. The monoisotopic (exact) mass is 293 g/mol. The molecule has 0 aliphatic carbocycles. The number of aryl methyl sites for hydroxylation is 2. The van der Waals surface area contributed by atoms with E-state index in [2.05, 4.69) is 15.5 Å². The van der Waals surface area contributed by atoms with Crippen molar-refractivity contribution < 1.29 is 9.21 Å². The maximum atomic E-state index is 12.1. The summed E-state index contributed by atoms with van der Waals surface area (Å²) < 4.78 is 5.42. The summed E-state index contributed by atoms with van der Waals surface area (Å²) in [6.07, 6.45) is 0. The third-order valence-electron chi connectivity index (χ3n) is 3.40. The Balaban J connectivity index is 1.78. The van der Waals surface area contributed by atoms with Gasteiger partial charge in [0.15, 0.2) is 0 Å². The summed E-state index contributed by atoms with van der Waals surface area (Å²) in [6.45, 7) is 4.01. The second-order valence-electron chi connectivity index (χ2n) is 5.03. The number of nitrogens with one attached hydrogen (secondary N) is 1. The van der Waals surface area contributed by atoms with Crippen molar-refractivity contribution in [2.24, 2.45) is 0 Å². The summed E-state index contributed by atoms with van der Waals surface area (Å²) in [5, 5.41) is 10.5. The minimum absolute atomic E-state index is 0.0583. The molecule has 110 valence electrons. The first-order valence-electron chi connectivity index (χ1n) is 6.91. The largest absolute Gasteiger partial charge is 0.412 e. The molecule has 0 spiro atoms. The first kappa shape index (κ1) is 14.0. The second kappa shape index (κ2) is 5.81. The molecule has 0 unspecified atom stereocenters. The summed E-state index contributed by atoms with van der Waals surface area (Å²) in [5.74, 6) is -0.152. The van der Waals surface area contributed by atoms with Crippen LogP contribution in [0.1, 0.15) is 21.8 Å². The smallest absolute Gasteiger partial charge is 0.313 e. The fourth-order valence-electron chi connectivity index (χ4n) is 2.02. The molecule has 1 aromatic heterocycles. The van der Waals surface area contributed by atoms with Gasteiger partial charge in [-0.25, -0.2) is 0 Å². The van der Waals surface area contributed by atoms with E-state index in [4.69, 9.17) is 4.42 Å². The Kier molecular flexibility index (Phi) is 3.70. The molecular formula is C17H15N3O2. The number of carbonyl (C=O) groups is 1. The van der Waals surface area contributed by atoms with Gasteiger partial charge in [-0.15, -0.1) is 10.2 Å². The van der Waals surface area contributed by atoms with Crippen molar-refractivity contribution in [3.8, 4) is 11.5 Å². The average Bonchev–Trinajstić information content (AvgIpc) is 3.02. The lowest BCUT2D eigenvalue weighted by atomic mass is 10.1. The highest BCUT2D eigenvalue weighted by atomic mass is 16.4. The number of carbonyl (C=O) groups excluding carboxylic acids is 1. The molecule has 3 aromatic rings. The van der Waals surface area contributed by atoms with Gasteiger partial charge in [0, 0.05) is 11.3 Å². The second-order valence-corrected chi connectivity index (χ2v) is 5.03. The lowest BCUT2D eigenvalue weighted by Gasteiger charge is -2.05. The number of rotatable bonds is 3.